The second kappa shape index (κ2) is 11.4. The number of aliphatic hydroxyl groups excluding tert-OH is 1. The van der Waals surface area contributed by atoms with Crippen molar-refractivity contribution in [2.75, 3.05) is 18.5 Å². The van der Waals surface area contributed by atoms with Crippen molar-refractivity contribution in [1.29, 1.82) is 5.41 Å². The number of allylic oxidation sites excluding steroid dienone is 2. The number of pyridine rings is 1. The molecule has 28 heavy (non-hydrogen) atoms. The molecule has 7 N–H and O–H groups in total. The summed E-state index contributed by atoms with van der Waals surface area (Å²) < 4.78 is 30.6. The van der Waals surface area contributed by atoms with Gasteiger partial charge in [0.1, 0.15) is 17.4 Å². The van der Waals surface area contributed by atoms with Crippen molar-refractivity contribution in [3.05, 3.63) is 48.2 Å². The highest BCUT2D eigenvalue weighted by Gasteiger charge is 2.11. The van der Waals surface area contributed by atoms with Crippen LogP contribution in [0.1, 0.15) is 18.9 Å². The summed E-state index contributed by atoms with van der Waals surface area (Å²) in [4.78, 5) is 7.77. The van der Waals surface area contributed by atoms with Crippen molar-refractivity contribution in [1.82, 2.24) is 4.98 Å². The Morgan fingerprint density at radius 2 is 2.25 bits per heavy atom. The number of aromatic nitrogens is 1. The third kappa shape index (κ3) is 7.16. The zero-order chi connectivity index (χ0) is 21.1. The molecule has 1 heterocycles. The largest absolute Gasteiger partial charge is 0.493 e. The molecule has 0 amide bonds. The van der Waals surface area contributed by atoms with Crippen molar-refractivity contribution in [2.24, 2.45) is 16.5 Å². The van der Waals surface area contributed by atoms with E-state index in [0.717, 1.165) is 6.21 Å². The fourth-order valence-electron chi connectivity index (χ4n) is 1.97. The Kier molecular flexibility index (Phi) is 9.31. The van der Waals surface area contributed by atoms with E-state index in [-0.39, 0.29) is 24.7 Å². The third-order valence-electron chi connectivity index (χ3n) is 3.30. The lowest BCUT2D eigenvalue weighted by molar-refractivity contribution is 0.225. The van der Waals surface area contributed by atoms with E-state index < -0.39 is 12.1 Å². The molecule has 10 heteroatoms. The van der Waals surface area contributed by atoms with Crippen LogP contribution >= 0.6 is 0 Å². The van der Waals surface area contributed by atoms with Gasteiger partial charge in [-0.05, 0) is 6.92 Å². The number of nitrogens with one attached hydrogen (secondary N) is 2. The van der Waals surface area contributed by atoms with Crippen LogP contribution in [0.15, 0.2) is 47.6 Å². The normalized spacial score (nSPS) is 12.8. The predicted molar refractivity (Wildman–Crippen MR) is 107 cm³/mol. The minimum atomic E-state index is -2.69. The molecule has 152 valence electrons. The van der Waals surface area contributed by atoms with Gasteiger partial charge in [0.25, 0.3) is 6.43 Å². The Hall–Kier alpha value is -3.27. The lowest BCUT2D eigenvalue weighted by Crippen LogP contribution is -2.09. The summed E-state index contributed by atoms with van der Waals surface area (Å²) in [6.45, 7) is 5.12. The van der Waals surface area contributed by atoms with Gasteiger partial charge in [-0.25, -0.2) is 18.8 Å². The molecule has 0 aromatic carbocycles. The fourth-order valence-corrected chi connectivity index (χ4v) is 1.97. The van der Waals surface area contributed by atoms with Gasteiger partial charge in [-0.15, -0.1) is 0 Å². The van der Waals surface area contributed by atoms with Crippen LogP contribution in [0.3, 0.4) is 0 Å². The average molecular weight is 394 g/mol. The first-order chi connectivity index (χ1) is 13.3. The Morgan fingerprint density at radius 1 is 1.54 bits per heavy atom. The summed E-state index contributed by atoms with van der Waals surface area (Å²) in [6.07, 6.45) is 2.79. The lowest BCUT2D eigenvalue weighted by Gasteiger charge is -2.14. The minimum absolute atomic E-state index is 0.0326. The van der Waals surface area contributed by atoms with E-state index in [1.165, 1.54) is 25.4 Å². The number of halogens is 2. The summed E-state index contributed by atoms with van der Waals surface area (Å²) in [5, 5.41) is 19.2. The Balaban J connectivity index is 3.04. The molecule has 0 radical (unpaired) electrons. The number of nitrogens with zero attached hydrogens (tertiary/aromatic N) is 2. The van der Waals surface area contributed by atoms with Crippen LogP contribution < -0.4 is 21.5 Å². The number of nitrogens with two attached hydrogens (primary N) is 2. The monoisotopic (exact) mass is 394 g/mol. The average Bonchev–Trinajstić information content (AvgIpc) is 2.64. The summed E-state index contributed by atoms with van der Waals surface area (Å²) >= 11 is 0. The van der Waals surface area contributed by atoms with Gasteiger partial charge in [-0.2, -0.15) is 0 Å². The molecule has 0 atom stereocenters. The maximum absolute atomic E-state index is 12.5. The fraction of sp³-hybridized carbons (Fsp3) is 0.278. The first-order valence-electron chi connectivity index (χ1n) is 8.25. The molecule has 1 rings (SSSR count). The van der Waals surface area contributed by atoms with Crippen molar-refractivity contribution in [2.45, 2.75) is 19.8 Å². The number of aliphatic imine (C=N–C) groups is 1. The van der Waals surface area contributed by atoms with Crippen LogP contribution in [-0.2, 0) is 0 Å². The molecule has 0 aliphatic heterocycles. The quantitative estimate of drug-likeness (QED) is 0.221. The summed E-state index contributed by atoms with van der Waals surface area (Å²) in [5.41, 5.74) is 11.9. The van der Waals surface area contributed by atoms with E-state index in [1.54, 1.807) is 6.07 Å². The van der Waals surface area contributed by atoms with Crippen LogP contribution in [0.2, 0.25) is 0 Å². The first kappa shape index (κ1) is 22.8. The third-order valence-corrected chi connectivity index (χ3v) is 3.30. The number of aliphatic hydroxyl groups is 1. The molecule has 0 aliphatic rings. The van der Waals surface area contributed by atoms with E-state index in [4.69, 9.17) is 26.7 Å². The number of ether oxygens (including phenoxy) is 1. The van der Waals surface area contributed by atoms with Gasteiger partial charge in [0.15, 0.2) is 0 Å². The topological polar surface area (TPSA) is 143 Å². The van der Waals surface area contributed by atoms with E-state index >= 15 is 0 Å². The molecule has 0 bridgehead atoms. The van der Waals surface area contributed by atoms with E-state index in [0.29, 0.717) is 29.1 Å². The van der Waals surface area contributed by atoms with Gasteiger partial charge >= 0.3 is 0 Å². The zero-order valence-electron chi connectivity index (χ0n) is 15.5. The Bertz CT molecular complexity index is 790. The van der Waals surface area contributed by atoms with Gasteiger partial charge in [0, 0.05) is 60.6 Å². The van der Waals surface area contributed by atoms with Gasteiger partial charge < -0.3 is 32.0 Å². The highest BCUT2D eigenvalue weighted by Crippen LogP contribution is 2.27. The Morgan fingerprint density at radius 3 is 2.82 bits per heavy atom. The van der Waals surface area contributed by atoms with E-state index in [9.17, 15) is 8.78 Å². The maximum Gasteiger partial charge on any atom is 0.276 e. The molecule has 0 saturated heterocycles. The highest BCUT2D eigenvalue weighted by molar-refractivity contribution is 6.09. The summed E-state index contributed by atoms with van der Waals surface area (Å²) in [6, 6.07) is 1.56. The molecule has 8 nitrogen and oxygen atoms in total. The van der Waals surface area contributed by atoms with Gasteiger partial charge in [-0.1, -0.05) is 6.58 Å². The molecule has 0 fully saturated rings. The van der Waals surface area contributed by atoms with Gasteiger partial charge in [0.05, 0.1) is 12.3 Å². The smallest absolute Gasteiger partial charge is 0.276 e. The van der Waals surface area contributed by atoms with Crippen LogP contribution in [0.25, 0.3) is 5.57 Å². The summed E-state index contributed by atoms with van der Waals surface area (Å²) in [5.74, 6) is 0.596. The van der Waals surface area contributed by atoms with E-state index in [2.05, 4.69) is 21.9 Å². The van der Waals surface area contributed by atoms with Gasteiger partial charge in [0.2, 0.25) is 0 Å². The number of hydrogen-bond donors (Lipinski definition) is 5. The summed E-state index contributed by atoms with van der Waals surface area (Å²) in [7, 11) is 0. The number of hydrogen-bond acceptors (Lipinski definition) is 8. The molecule has 0 spiro atoms. The lowest BCUT2D eigenvalue weighted by atomic mass is 10.1. The van der Waals surface area contributed by atoms with Crippen LogP contribution in [-0.4, -0.2) is 41.7 Å². The first-order valence-corrected chi connectivity index (χ1v) is 8.25. The highest BCUT2D eigenvalue weighted by atomic mass is 19.3. The van der Waals surface area contributed by atoms with E-state index in [1.807, 2.05) is 0 Å². The SMILES string of the molecule is C=C(/C=C(N)\N=C(/C)C(F)F)Nc1cc(OCCCO)c(/C(C=N)=C/N)cn1. The number of rotatable bonds is 11. The Labute approximate surface area is 161 Å². The van der Waals surface area contributed by atoms with Gasteiger partial charge in [-0.3, -0.25) is 0 Å². The second-order valence-corrected chi connectivity index (χ2v) is 5.53. The minimum Gasteiger partial charge on any atom is -0.493 e. The standard InChI is InChI=1S/C18H24F2N6O2/c1-11(6-16(23)26-12(2)18(19)20)25-17-7-15(28-5-3-4-27)14(10-24-17)13(8-21)9-22/h6-10,18,21,27H,1,3-5,22-23H2,2H3,(H,24,25)/b13-9+,16-6-,21-8?,26-12+. The molecule has 0 unspecified atom stereocenters. The van der Waals surface area contributed by atoms with Crippen molar-refractivity contribution >= 4 is 23.3 Å². The van der Waals surface area contributed by atoms with Crippen molar-refractivity contribution in [3.63, 3.8) is 0 Å². The molecule has 1 aromatic heterocycles. The molecular formula is C18H24F2N6O2. The van der Waals surface area contributed by atoms with Crippen molar-refractivity contribution in [3.8, 4) is 5.75 Å². The number of anilines is 1. The van der Waals surface area contributed by atoms with Crippen molar-refractivity contribution < 1.29 is 18.6 Å². The second-order valence-electron chi connectivity index (χ2n) is 5.53. The molecule has 0 saturated carbocycles. The number of alkyl halides is 2. The van der Waals surface area contributed by atoms with Crippen LogP contribution in [0, 0.1) is 5.41 Å². The molecular weight excluding hydrogens is 370 g/mol. The maximum atomic E-state index is 12.5. The van der Waals surface area contributed by atoms with Crippen LogP contribution in [0.4, 0.5) is 14.6 Å². The zero-order valence-corrected chi connectivity index (χ0v) is 15.5. The molecule has 1 aromatic rings. The van der Waals surface area contributed by atoms with Crippen LogP contribution in [0.5, 0.6) is 5.75 Å². The molecule has 0 aliphatic carbocycles. The predicted octanol–water partition coefficient (Wildman–Crippen LogP) is 2.24.